The zero-order valence-electron chi connectivity index (χ0n) is 13.4. The van der Waals surface area contributed by atoms with Gasteiger partial charge in [-0.25, -0.2) is 0 Å². The van der Waals surface area contributed by atoms with Gasteiger partial charge in [0, 0.05) is 25.7 Å². The number of para-hydroxylation sites is 1. The number of carbonyl (C=O) groups excluding carboxylic acids is 1. The van der Waals surface area contributed by atoms with Crippen LogP contribution in [0.25, 0.3) is 0 Å². The van der Waals surface area contributed by atoms with E-state index in [4.69, 9.17) is 10.5 Å². The Labute approximate surface area is 143 Å². The van der Waals surface area contributed by atoms with Gasteiger partial charge in [0.15, 0.2) is 0 Å². The smallest absolute Gasteiger partial charge is 0.231 e. The van der Waals surface area contributed by atoms with Crippen LogP contribution in [0.2, 0.25) is 0 Å². The molecule has 0 spiro atoms. The molecular formula is C18H23ClN2O2. The number of hydrogen-bond acceptors (Lipinski definition) is 3. The van der Waals surface area contributed by atoms with Crippen LogP contribution in [0.15, 0.2) is 54.6 Å². The molecule has 2 aromatic carbocycles. The molecule has 1 atom stereocenters. The van der Waals surface area contributed by atoms with Crippen LogP contribution in [-0.4, -0.2) is 31.5 Å². The zero-order chi connectivity index (χ0) is 15.9. The van der Waals surface area contributed by atoms with E-state index >= 15 is 0 Å². The predicted octanol–water partition coefficient (Wildman–Crippen LogP) is 2.82. The SMILES string of the molecule is COc1ccccc1CN(C)C(=O)C(CN)c1ccccc1.Cl. The molecule has 0 aliphatic heterocycles. The minimum atomic E-state index is -0.319. The fourth-order valence-corrected chi connectivity index (χ4v) is 2.50. The van der Waals surface area contributed by atoms with Crippen molar-refractivity contribution >= 4 is 18.3 Å². The van der Waals surface area contributed by atoms with Crippen LogP contribution in [-0.2, 0) is 11.3 Å². The van der Waals surface area contributed by atoms with E-state index in [-0.39, 0.29) is 24.2 Å². The number of hydrogen-bond donors (Lipinski definition) is 1. The van der Waals surface area contributed by atoms with Crippen LogP contribution in [0.3, 0.4) is 0 Å². The van der Waals surface area contributed by atoms with E-state index in [2.05, 4.69) is 0 Å². The molecule has 0 aromatic heterocycles. The van der Waals surface area contributed by atoms with Gasteiger partial charge in [0.1, 0.15) is 5.75 Å². The van der Waals surface area contributed by atoms with Crippen LogP contribution >= 0.6 is 12.4 Å². The number of methoxy groups -OCH3 is 1. The second-order valence-corrected chi connectivity index (χ2v) is 5.21. The van der Waals surface area contributed by atoms with Gasteiger partial charge in [0.25, 0.3) is 0 Å². The highest BCUT2D eigenvalue weighted by molar-refractivity contribution is 5.85. The number of carbonyl (C=O) groups is 1. The van der Waals surface area contributed by atoms with Gasteiger partial charge in [-0.15, -0.1) is 12.4 Å². The van der Waals surface area contributed by atoms with E-state index in [0.29, 0.717) is 13.1 Å². The fourth-order valence-electron chi connectivity index (χ4n) is 2.50. The van der Waals surface area contributed by atoms with E-state index in [9.17, 15) is 4.79 Å². The summed E-state index contributed by atoms with van der Waals surface area (Å²) in [5.41, 5.74) is 7.74. The van der Waals surface area contributed by atoms with Crippen molar-refractivity contribution in [2.45, 2.75) is 12.5 Å². The summed E-state index contributed by atoms with van der Waals surface area (Å²) in [7, 11) is 3.42. The molecule has 0 saturated carbocycles. The third-order valence-corrected chi connectivity index (χ3v) is 3.71. The van der Waals surface area contributed by atoms with Crippen LogP contribution < -0.4 is 10.5 Å². The zero-order valence-corrected chi connectivity index (χ0v) is 14.3. The van der Waals surface area contributed by atoms with Crippen LogP contribution in [0.1, 0.15) is 17.0 Å². The van der Waals surface area contributed by atoms with Gasteiger partial charge in [-0.2, -0.15) is 0 Å². The Morgan fingerprint density at radius 2 is 1.74 bits per heavy atom. The van der Waals surface area contributed by atoms with Gasteiger partial charge in [0.05, 0.1) is 13.0 Å². The first kappa shape index (κ1) is 19.0. The highest BCUT2D eigenvalue weighted by Gasteiger charge is 2.23. The molecule has 0 bridgehead atoms. The molecule has 5 heteroatoms. The third-order valence-electron chi connectivity index (χ3n) is 3.71. The number of ether oxygens (including phenoxy) is 1. The largest absolute Gasteiger partial charge is 0.496 e. The average molecular weight is 335 g/mol. The molecule has 2 rings (SSSR count). The molecule has 0 aliphatic carbocycles. The van der Waals surface area contributed by atoms with E-state index in [1.54, 1.807) is 19.1 Å². The van der Waals surface area contributed by atoms with Crippen molar-refractivity contribution < 1.29 is 9.53 Å². The van der Waals surface area contributed by atoms with Crippen molar-refractivity contribution in [3.8, 4) is 5.75 Å². The summed E-state index contributed by atoms with van der Waals surface area (Å²) in [6.45, 7) is 0.783. The lowest BCUT2D eigenvalue weighted by molar-refractivity contribution is -0.131. The first-order valence-corrected chi connectivity index (χ1v) is 7.29. The number of likely N-dealkylation sites (N-methyl/N-ethyl adjacent to an activating group) is 1. The summed E-state index contributed by atoms with van der Waals surface area (Å²) in [5, 5.41) is 0. The topological polar surface area (TPSA) is 55.6 Å². The quantitative estimate of drug-likeness (QED) is 0.883. The van der Waals surface area contributed by atoms with E-state index < -0.39 is 0 Å². The van der Waals surface area contributed by atoms with Gasteiger partial charge in [-0.1, -0.05) is 48.5 Å². The second kappa shape index (κ2) is 9.18. The standard InChI is InChI=1S/C18H22N2O2.ClH/c1-20(13-15-10-6-7-11-17(15)22-2)18(21)16(12-19)14-8-4-3-5-9-14;/h3-11,16H,12-13,19H2,1-2H3;1H. The first-order chi connectivity index (χ1) is 10.7. The molecule has 124 valence electrons. The minimum absolute atomic E-state index is 0. The summed E-state index contributed by atoms with van der Waals surface area (Å²) < 4.78 is 5.33. The maximum absolute atomic E-state index is 12.7. The number of halogens is 1. The molecule has 2 aromatic rings. The normalized spacial score (nSPS) is 11.3. The van der Waals surface area contributed by atoms with Crippen LogP contribution in [0, 0.1) is 0 Å². The number of nitrogens with two attached hydrogens (primary N) is 1. The minimum Gasteiger partial charge on any atom is -0.496 e. The third kappa shape index (κ3) is 4.71. The summed E-state index contributed by atoms with van der Waals surface area (Å²) >= 11 is 0. The highest BCUT2D eigenvalue weighted by atomic mass is 35.5. The summed E-state index contributed by atoms with van der Waals surface area (Å²) in [5.74, 6) is 0.478. The van der Waals surface area contributed by atoms with Crippen molar-refractivity contribution in [2.24, 2.45) is 5.73 Å². The van der Waals surface area contributed by atoms with Gasteiger partial charge >= 0.3 is 0 Å². The van der Waals surface area contributed by atoms with Crippen LogP contribution in [0.5, 0.6) is 5.75 Å². The lowest BCUT2D eigenvalue weighted by Crippen LogP contribution is -2.34. The molecule has 1 unspecified atom stereocenters. The molecule has 23 heavy (non-hydrogen) atoms. The van der Waals surface area contributed by atoms with Gasteiger partial charge in [-0.05, 0) is 11.6 Å². The molecule has 0 aliphatic rings. The van der Waals surface area contributed by atoms with Crippen molar-refractivity contribution in [3.63, 3.8) is 0 Å². The van der Waals surface area contributed by atoms with Gasteiger partial charge in [0.2, 0.25) is 5.91 Å². The first-order valence-electron chi connectivity index (χ1n) is 7.29. The van der Waals surface area contributed by atoms with Gasteiger partial charge in [-0.3, -0.25) is 4.79 Å². The maximum Gasteiger partial charge on any atom is 0.231 e. The average Bonchev–Trinajstić information content (AvgIpc) is 2.57. The van der Waals surface area contributed by atoms with Crippen molar-refractivity contribution in [1.29, 1.82) is 0 Å². The fraction of sp³-hybridized carbons (Fsp3) is 0.278. The molecule has 0 saturated heterocycles. The Morgan fingerprint density at radius 1 is 1.13 bits per heavy atom. The van der Waals surface area contributed by atoms with Crippen molar-refractivity contribution in [3.05, 3.63) is 65.7 Å². The predicted molar refractivity (Wildman–Crippen MR) is 95.0 cm³/mol. The molecule has 0 heterocycles. The Bertz CT molecular complexity index is 619. The second-order valence-electron chi connectivity index (χ2n) is 5.21. The lowest BCUT2D eigenvalue weighted by atomic mass is 9.97. The Morgan fingerprint density at radius 3 is 2.35 bits per heavy atom. The van der Waals surface area contributed by atoms with Gasteiger partial charge < -0.3 is 15.4 Å². The highest BCUT2D eigenvalue weighted by Crippen LogP contribution is 2.22. The van der Waals surface area contributed by atoms with Crippen LogP contribution in [0.4, 0.5) is 0 Å². The Hall–Kier alpha value is -2.04. The molecule has 2 N–H and O–H groups in total. The summed E-state index contributed by atoms with van der Waals surface area (Å²) in [6.07, 6.45) is 0. The van der Waals surface area contributed by atoms with E-state index in [0.717, 1.165) is 16.9 Å². The maximum atomic E-state index is 12.7. The van der Waals surface area contributed by atoms with Crippen molar-refractivity contribution in [1.82, 2.24) is 4.90 Å². The van der Waals surface area contributed by atoms with E-state index in [1.807, 2.05) is 54.6 Å². The molecule has 1 amide bonds. The number of rotatable bonds is 6. The number of benzene rings is 2. The van der Waals surface area contributed by atoms with Crippen molar-refractivity contribution in [2.75, 3.05) is 20.7 Å². The monoisotopic (exact) mass is 334 g/mol. The Kier molecular flexibility index (Phi) is 7.59. The summed E-state index contributed by atoms with van der Waals surface area (Å²) in [4.78, 5) is 14.4. The number of nitrogens with zero attached hydrogens (tertiary/aromatic N) is 1. The lowest BCUT2D eigenvalue weighted by Gasteiger charge is -2.24. The molecule has 4 nitrogen and oxygen atoms in total. The number of amides is 1. The summed E-state index contributed by atoms with van der Waals surface area (Å²) in [6, 6.07) is 17.4. The molecule has 0 radical (unpaired) electrons. The molecular weight excluding hydrogens is 312 g/mol. The Balaban J connectivity index is 0.00000264. The molecule has 0 fully saturated rings. The van der Waals surface area contributed by atoms with E-state index in [1.165, 1.54) is 0 Å².